The minimum absolute atomic E-state index is 0.442. The molecule has 0 saturated heterocycles. The Morgan fingerprint density at radius 3 is 2.64 bits per heavy atom. The Bertz CT molecular complexity index is 542. The predicted molar refractivity (Wildman–Crippen MR) is 108 cm³/mol. The molecule has 0 bridgehead atoms. The maximum absolute atomic E-state index is 8.74. The molecule has 2 saturated carbocycles. The predicted octanol–water partition coefficient (Wildman–Crippen LogP) is 7.14. The van der Waals surface area contributed by atoms with Crippen LogP contribution in [0.2, 0.25) is 0 Å². The average molecular weight is 346 g/mol. The van der Waals surface area contributed by atoms with Crippen LogP contribution in [-0.4, -0.2) is 10.9 Å². The van der Waals surface area contributed by atoms with Crippen molar-refractivity contribution in [3.63, 3.8) is 0 Å². The molecule has 0 aliphatic heterocycles. The minimum Gasteiger partial charge on any atom is -0.411 e. The van der Waals surface area contributed by atoms with Crippen LogP contribution in [-0.2, 0) is 0 Å². The second kappa shape index (κ2) is 8.10. The van der Waals surface area contributed by atoms with E-state index < -0.39 is 0 Å². The lowest BCUT2D eigenvalue weighted by molar-refractivity contribution is -0.0539. The van der Waals surface area contributed by atoms with E-state index >= 15 is 0 Å². The van der Waals surface area contributed by atoms with E-state index in [0.717, 1.165) is 24.5 Å². The van der Waals surface area contributed by atoms with E-state index in [4.69, 9.17) is 5.21 Å². The standard InChI is InChI=1S/C23H39NO/c1-17(9-7-10-19(3)24-25)11-13-20-18(2)12-14-21-22(4,5)15-8-16-23(20,21)6/h9,20-21,25H,2,7-8,10-16H2,1,3-6H3/b17-9-,24-19+/t20-,21-,23+/m0/s1. The minimum atomic E-state index is 0.442. The van der Waals surface area contributed by atoms with Crippen molar-refractivity contribution in [3.05, 3.63) is 23.8 Å². The summed E-state index contributed by atoms with van der Waals surface area (Å²) in [6.07, 6.45) is 13.3. The number of fused-ring (bicyclic) bond motifs is 1. The summed E-state index contributed by atoms with van der Waals surface area (Å²) in [6.45, 7) is 16.2. The molecule has 0 amide bonds. The molecule has 2 heteroatoms. The first-order valence-corrected chi connectivity index (χ1v) is 10.2. The molecular formula is C23H39NO. The lowest BCUT2D eigenvalue weighted by Gasteiger charge is -2.58. The lowest BCUT2D eigenvalue weighted by Crippen LogP contribution is -2.49. The molecule has 2 nitrogen and oxygen atoms in total. The van der Waals surface area contributed by atoms with E-state index in [0.29, 0.717) is 16.7 Å². The first-order valence-electron chi connectivity index (χ1n) is 10.2. The highest BCUT2D eigenvalue weighted by Crippen LogP contribution is 2.61. The Morgan fingerprint density at radius 1 is 1.24 bits per heavy atom. The van der Waals surface area contributed by atoms with Crippen molar-refractivity contribution in [2.45, 2.75) is 92.4 Å². The summed E-state index contributed by atoms with van der Waals surface area (Å²) < 4.78 is 0. The van der Waals surface area contributed by atoms with Gasteiger partial charge in [-0.3, -0.25) is 0 Å². The van der Waals surface area contributed by atoms with Crippen molar-refractivity contribution in [3.8, 4) is 0 Å². The van der Waals surface area contributed by atoms with Crippen molar-refractivity contribution in [1.29, 1.82) is 0 Å². The molecule has 0 unspecified atom stereocenters. The summed E-state index contributed by atoms with van der Waals surface area (Å²) in [5.41, 5.74) is 4.71. The number of rotatable bonds is 6. The highest BCUT2D eigenvalue weighted by atomic mass is 16.4. The second-order valence-electron chi connectivity index (χ2n) is 9.61. The second-order valence-corrected chi connectivity index (χ2v) is 9.61. The average Bonchev–Trinajstić information content (AvgIpc) is 2.53. The zero-order valence-electron chi connectivity index (χ0n) is 17.2. The molecule has 3 atom stereocenters. The van der Waals surface area contributed by atoms with Crippen LogP contribution < -0.4 is 0 Å². The molecule has 0 aromatic carbocycles. The number of allylic oxidation sites excluding steroid dienone is 3. The molecule has 0 radical (unpaired) electrons. The largest absolute Gasteiger partial charge is 0.411 e. The van der Waals surface area contributed by atoms with Gasteiger partial charge in [0, 0.05) is 0 Å². The zero-order valence-corrected chi connectivity index (χ0v) is 17.2. The Kier molecular flexibility index (Phi) is 6.56. The monoisotopic (exact) mass is 345 g/mol. The third kappa shape index (κ3) is 4.57. The van der Waals surface area contributed by atoms with Crippen molar-refractivity contribution in [2.75, 3.05) is 0 Å². The number of hydrogen-bond donors (Lipinski definition) is 1. The fourth-order valence-corrected chi connectivity index (χ4v) is 5.86. The first kappa shape index (κ1) is 20.3. The van der Waals surface area contributed by atoms with E-state index in [1.165, 1.54) is 56.1 Å². The fraction of sp³-hybridized carbons (Fsp3) is 0.783. The number of hydrogen-bond acceptors (Lipinski definition) is 2. The van der Waals surface area contributed by atoms with Gasteiger partial charge in [0.05, 0.1) is 5.71 Å². The number of oxime groups is 1. The SMILES string of the molecule is C=C1CC[C@H]2C(C)(C)CCC[C@]2(C)[C@H]1CC/C(C)=C\CC/C(C)=N/O. The van der Waals surface area contributed by atoms with Crippen molar-refractivity contribution >= 4 is 5.71 Å². The van der Waals surface area contributed by atoms with Gasteiger partial charge in [0.1, 0.15) is 0 Å². The van der Waals surface area contributed by atoms with E-state index in [1.54, 1.807) is 0 Å². The maximum atomic E-state index is 8.74. The zero-order chi connectivity index (χ0) is 18.7. The van der Waals surface area contributed by atoms with Crippen LogP contribution in [0, 0.1) is 22.7 Å². The van der Waals surface area contributed by atoms with Crippen LogP contribution in [0.25, 0.3) is 0 Å². The summed E-state index contributed by atoms with van der Waals surface area (Å²) in [6, 6.07) is 0. The van der Waals surface area contributed by atoms with Crippen LogP contribution in [0.3, 0.4) is 0 Å². The fourth-order valence-electron chi connectivity index (χ4n) is 5.86. The van der Waals surface area contributed by atoms with Gasteiger partial charge in [-0.2, -0.15) is 0 Å². The van der Waals surface area contributed by atoms with Crippen molar-refractivity contribution < 1.29 is 5.21 Å². The van der Waals surface area contributed by atoms with Crippen LogP contribution in [0.4, 0.5) is 0 Å². The Hall–Kier alpha value is -1.05. The Balaban J connectivity index is 2.02. The van der Waals surface area contributed by atoms with Crippen LogP contribution >= 0.6 is 0 Å². The van der Waals surface area contributed by atoms with Gasteiger partial charge in [-0.1, -0.05) is 56.1 Å². The molecule has 25 heavy (non-hydrogen) atoms. The molecule has 2 aliphatic carbocycles. The molecule has 2 fully saturated rings. The van der Waals surface area contributed by atoms with Gasteiger partial charge in [0.25, 0.3) is 0 Å². The van der Waals surface area contributed by atoms with Crippen LogP contribution in [0.1, 0.15) is 92.4 Å². The smallest absolute Gasteiger partial charge is 0.0543 e. The van der Waals surface area contributed by atoms with E-state index in [1.807, 2.05) is 6.92 Å². The highest BCUT2D eigenvalue weighted by molar-refractivity contribution is 5.81. The van der Waals surface area contributed by atoms with Gasteiger partial charge in [-0.15, -0.1) is 0 Å². The van der Waals surface area contributed by atoms with Gasteiger partial charge in [0.15, 0.2) is 0 Å². The van der Waals surface area contributed by atoms with Crippen molar-refractivity contribution in [2.24, 2.45) is 27.8 Å². The van der Waals surface area contributed by atoms with Crippen LogP contribution in [0.5, 0.6) is 0 Å². The third-order valence-electron chi connectivity index (χ3n) is 7.32. The Labute approximate surface area is 155 Å². The van der Waals surface area contributed by atoms with Crippen LogP contribution in [0.15, 0.2) is 29.0 Å². The highest BCUT2D eigenvalue weighted by Gasteiger charge is 2.52. The topological polar surface area (TPSA) is 32.6 Å². The quantitative estimate of drug-likeness (QED) is 0.236. The van der Waals surface area contributed by atoms with E-state index in [2.05, 4.69) is 45.5 Å². The summed E-state index contributed by atoms with van der Waals surface area (Å²) in [5.74, 6) is 1.52. The summed E-state index contributed by atoms with van der Waals surface area (Å²) in [5, 5.41) is 12.0. The van der Waals surface area contributed by atoms with Gasteiger partial charge in [-0.05, 0) is 87.9 Å². The summed E-state index contributed by atoms with van der Waals surface area (Å²) >= 11 is 0. The summed E-state index contributed by atoms with van der Waals surface area (Å²) in [7, 11) is 0. The number of nitrogens with zero attached hydrogens (tertiary/aromatic N) is 1. The van der Waals surface area contributed by atoms with E-state index in [9.17, 15) is 0 Å². The molecular weight excluding hydrogens is 306 g/mol. The molecule has 0 aromatic heterocycles. The normalized spacial score (nSPS) is 33.2. The van der Waals surface area contributed by atoms with Crippen molar-refractivity contribution in [1.82, 2.24) is 0 Å². The van der Waals surface area contributed by atoms with Gasteiger partial charge < -0.3 is 5.21 Å². The summed E-state index contributed by atoms with van der Waals surface area (Å²) in [4.78, 5) is 0. The van der Waals surface area contributed by atoms with E-state index in [-0.39, 0.29) is 0 Å². The third-order valence-corrected chi connectivity index (χ3v) is 7.32. The van der Waals surface area contributed by atoms with Gasteiger partial charge >= 0.3 is 0 Å². The maximum Gasteiger partial charge on any atom is 0.0543 e. The molecule has 0 spiro atoms. The molecule has 2 aliphatic rings. The molecule has 142 valence electrons. The lowest BCUT2D eigenvalue weighted by atomic mass is 9.47. The first-order chi connectivity index (χ1) is 11.7. The molecule has 1 N–H and O–H groups in total. The Morgan fingerprint density at radius 2 is 1.96 bits per heavy atom. The molecule has 0 aromatic rings. The van der Waals surface area contributed by atoms with Gasteiger partial charge in [0.2, 0.25) is 0 Å². The van der Waals surface area contributed by atoms with Gasteiger partial charge in [-0.25, -0.2) is 0 Å². The molecule has 2 rings (SSSR count). The molecule has 0 heterocycles.